The number of fused-ring (bicyclic) bond motifs is 4. The Bertz CT molecular complexity index is 1190. The van der Waals surface area contributed by atoms with Crippen LogP contribution in [0.5, 0.6) is 0 Å². The minimum atomic E-state index is -0.543. The van der Waals surface area contributed by atoms with E-state index in [0.29, 0.717) is 24.5 Å². The highest BCUT2D eigenvalue weighted by molar-refractivity contribution is 5.80. The van der Waals surface area contributed by atoms with Crippen molar-refractivity contribution >= 4 is 5.91 Å². The standard InChI is InChI=1S/C22H22FN5O3/c1-24-21(30)20-15-8-14(17-6-3-7-19(29)28(17)20)10-27(11-15)12-18-25-26-22(31-18)13-4-2-5-16(23)9-13/h2-7,9,14-15,20H,8,10-12H2,1H3,(H,24,30)/t14-,15+,20+/m0/s1. The predicted octanol–water partition coefficient (Wildman–Crippen LogP) is 1.94. The molecule has 0 aliphatic carbocycles. The average Bonchev–Trinajstić information content (AvgIpc) is 3.22. The molecule has 2 aliphatic heterocycles. The first-order valence-electron chi connectivity index (χ1n) is 10.3. The Kier molecular flexibility index (Phi) is 4.90. The maximum atomic E-state index is 13.5. The van der Waals surface area contributed by atoms with Crippen LogP contribution < -0.4 is 10.9 Å². The third-order valence-electron chi connectivity index (χ3n) is 6.14. The number of rotatable bonds is 4. The second-order valence-corrected chi connectivity index (χ2v) is 8.12. The van der Waals surface area contributed by atoms with Gasteiger partial charge in [-0.15, -0.1) is 10.2 Å². The number of likely N-dealkylation sites (tertiary alicyclic amines) is 1. The summed E-state index contributed by atoms with van der Waals surface area (Å²) in [7, 11) is 1.59. The van der Waals surface area contributed by atoms with Crippen LogP contribution in [0.2, 0.25) is 0 Å². The van der Waals surface area contributed by atoms with Crippen LogP contribution in [0.25, 0.3) is 11.5 Å². The quantitative estimate of drug-likeness (QED) is 0.690. The van der Waals surface area contributed by atoms with Crippen LogP contribution in [0.1, 0.15) is 30.0 Å². The summed E-state index contributed by atoms with van der Waals surface area (Å²) < 4.78 is 20.9. The van der Waals surface area contributed by atoms with Gasteiger partial charge in [-0.25, -0.2) is 4.39 Å². The number of carbonyl (C=O) groups excluding carboxylic acids is 1. The number of carbonyl (C=O) groups is 1. The molecule has 9 heteroatoms. The first-order chi connectivity index (χ1) is 15.0. The van der Waals surface area contributed by atoms with Crippen molar-refractivity contribution in [1.82, 2.24) is 25.0 Å². The summed E-state index contributed by atoms with van der Waals surface area (Å²) in [4.78, 5) is 27.4. The second-order valence-electron chi connectivity index (χ2n) is 8.12. The van der Waals surface area contributed by atoms with Gasteiger partial charge in [0.1, 0.15) is 11.9 Å². The topological polar surface area (TPSA) is 93.3 Å². The van der Waals surface area contributed by atoms with E-state index in [4.69, 9.17) is 4.42 Å². The number of aromatic nitrogens is 3. The van der Waals surface area contributed by atoms with Gasteiger partial charge in [0.25, 0.3) is 5.56 Å². The maximum Gasteiger partial charge on any atom is 0.251 e. The molecular formula is C22H22FN5O3. The molecule has 2 aromatic heterocycles. The van der Waals surface area contributed by atoms with Crippen LogP contribution in [0.3, 0.4) is 0 Å². The summed E-state index contributed by atoms with van der Waals surface area (Å²) in [5.74, 6) is 0.311. The Labute approximate surface area is 177 Å². The second kappa shape index (κ2) is 7.73. The van der Waals surface area contributed by atoms with Gasteiger partial charge in [-0.05, 0) is 30.7 Å². The molecule has 0 radical (unpaired) electrons. The van der Waals surface area contributed by atoms with Crippen molar-refractivity contribution < 1.29 is 13.6 Å². The Balaban J connectivity index is 1.41. The number of hydrogen-bond donors (Lipinski definition) is 1. The molecule has 1 N–H and O–H groups in total. The molecule has 1 amide bonds. The van der Waals surface area contributed by atoms with E-state index in [2.05, 4.69) is 20.4 Å². The molecule has 1 aromatic carbocycles. The molecule has 0 saturated carbocycles. The van der Waals surface area contributed by atoms with Gasteiger partial charge in [0.2, 0.25) is 17.7 Å². The first-order valence-corrected chi connectivity index (χ1v) is 10.3. The number of amides is 1. The number of nitrogens with one attached hydrogen (secondary N) is 1. The fourth-order valence-electron chi connectivity index (χ4n) is 4.89. The lowest BCUT2D eigenvalue weighted by Gasteiger charge is -2.45. The third kappa shape index (κ3) is 3.54. The van der Waals surface area contributed by atoms with Crippen LogP contribution in [0.4, 0.5) is 4.39 Å². The van der Waals surface area contributed by atoms with Gasteiger partial charge in [-0.2, -0.15) is 0 Å². The molecule has 5 rings (SSSR count). The molecule has 1 fully saturated rings. The molecule has 2 aliphatic rings. The minimum absolute atomic E-state index is 0.00286. The van der Waals surface area contributed by atoms with Crippen LogP contribution in [-0.4, -0.2) is 45.7 Å². The monoisotopic (exact) mass is 423 g/mol. The van der Waals surface area contributed by atoms with Crippen molar-refractivity contribution in [2.45, 2.75) is 24.9 Å². The summed E-state index contributed by atoms with van der Waals surface area (Å²) in [5, 5.41) is 10.9. The van der Waals surface area contributed by atoms with E-state index in [1.807, 2.05) is 6.07 Å². The zero-order valence-corrected chi connectivity index (χ0v) is 17.0. The number of piperidine rings is 1. The summed E-state index contributed by atoms with van der Waals surface area (Å²) in [6, 6.07) is 10.7. The fourth-order valence-corrected chi connectivity index (χ4v) is 4.89. The van der Waals surface area contributed by atoms with Gasteiger partial charge in [0.05, 0.1) is 6.54 Å². The van der Waals surface area contributed by atoms with Crippen molar-refractivity contribution in [1.29, 1.82) is 0 Å². The number of benzene rings is 1. The molecule has 3 atom stereocenters. The molecule has 4 heterocycles. The molecule has 1 saturated heterocycles. The van der Waals surface area contributed by atoms with E-state index in [9.17, 15) is 14.0 Å². The number of likely N-dealkylation sites (N-methyl/N-ethyl adjacent to an activating group) is 1. The van der Waals surface area contributed by atoms with Crippen molar-refractivity contribution in [3.05, 3.63) is 70.2 Å². The number of hydrogen-bond acceptors (Lipinski definition) is 6. The lowest BCUT2D eigenvalue weighted by molar-refractivity contribution is -0.127. The van der Waals surface area contributed by atoms with Gasteiger partial charge in [0, 0.05) is 49.3 Å². The Morgan fingerprint density at radius 3 is 2.87 bits per heavy atom. The zero-order valence-electron chi connectivity index (χ0n) is 17.0. The number of nitrogens with zero attached hydrogens (tertiary/aromatic N) is 4. The van der Waals surface area contributed by atoms with E-state index in [0.717, 1.165) is 18.7 Å². The van der Waals surface area contributed by atoms with Crippen molar-refractivity contribution in [2.75, 3.05) is 20.1 Å². The number of halogens is 1. The molecule has 31 heavy (non-hydrogen) atoms. The van der Waals surface area contributed by atoms with Crippen molar-refractivity contribution in [3.8, 4) is 11.5 Å². The van der Waals surface area contributed by atoms with E-state index < -0.39 is 6.04 Å². The molecular weight excluding hydrogens is 401 g/mol. The largest absolute Gasteiger partial charge is 0.419 e. The van der Waals surface area contributed by atoms with Gasteiger partial charge < -0.3 is 9.73 Å². The lowest BCUT2D eigenvalue weighted by atomic mass is 9.78. The van der Waals surface area contributed by atoms with E-state index >= 15 is 0 Å². The number of pyridine rings is 1. The average molecular weight is 423 g/mol. The molecule has 160 valence electrons. The summed E-state index contributed by atoms with van der Waals surface area (Å²) >= 11 is 0. The van der Waals surface area contributed by atoms with Gasteiger partial charge in [-0.3, -0.25) is 19.1 Å². The molecule has 0 spiro atoms. The zero-order chi connectivity index (χ0) is 21.5. The predicted molar refractivity (Wildman–Crippen MR) is 110 cm³/mol. The Morgan fingerprint density at radius 2 is 2.06 bits per heavy atom. The van der Waals surface area contributed by atoms with Crippen LogP contribution in [0, 0.1) is 11.7 Å². The van der Waals surface area contributed by atoms with Crippen LogP contribution in [-0.2, 0) is 11.3 Å². The Morgan fingerprint density at radius 1 is 1.23 bits per heavy atom. The smallest absolute Gasteiger partial charge is 0.251 e. The maximum absolute atomic E-state index is 13.5. The minimum Gasteiger partial charge on any atom is -0.419 e. The lowest BCUT2D eigenvalue weighted by Crippen LogP contribution is -2.52. The first kappa shape index (κ1) is 19.6. The van der Waals surface area contributed by atoms with E-state index in [1.165, 1.54) is 18.2 Å². The van der Waals surface area contributed by atoms with Crippen LogP contribution >= 0.6 is 0 Å². The van der Waals surface area contributed by atoms with E-state index in [-0.39, 0.29) is 35.0 Å². The highest BCUT2D eigenvalue weighted by Gasteiger charge is 2.43. The SMILES string of the molecule is CNC(=O)[C@H]1[C@@H]2C[C@@H](CN(Cc3nnc(-c4cccc(F)c4)o3)C2)c2cccc(=O)n21. The summed E-state index contributed by atoms with van der Waals surface area (Å²) in [6.45, 7) is 1.78. The van der Waals surface area contributed by atoms with Crippen molar-refractivity contribution in [3.63, 3.8) is 0 Å². The molecule has 2 bridgehead atoms. The van der Waals surface area contributed by atoms with Crippen LogP contribution in [0.15, 0.2) is 51.7 Å². The summed E-state index contributed by atoms with van der Waals surface area (Å²) in [5.41, 5.74) is 1.26. The molecule has 3 aromatic rings. The highest BCUT2D eigenvalue weighted by Crippen LogP contribution is 2.41. The van der Waals surface area contributed by atoms with E-state index in [1.54, 1.807) is 29.8 Å². The third-order valence-corrected chi connectivity index (χ3v) is 6.14. The fraction of sp³-hybridized carbons (Fsp3) is 0.364. The highest BCUT2D eigenvalue weighted by atomic mass is 19.1. The van der Waals surface area contributed by atoms with Gasteiger partial charge >= 0.3 is 0 Å². The van der Waals surface area contributed by atoms with Crippen molar-refractivity contribution in [2.24, 2.45) is 5.92 Å². The Hall–Kier alpha value is -3.33. The van der Waals surface area contributed by atoms with Gasteiger partial charge in [-0.1, -0.05) is 12.1 Å². The van der Waals surface area contributed by atoms with Gasteiger partial charge in [0.15, 0.2) is 0 Å². The molecule has 0 unspecified atom stereocenters. The summed E-state index contributed by atoms with van der Waals surface area (Å²) in [6.07, 6.45) is 0.844. The molecule has 8 nitrogen and oxygen atoms in total. The normalized spacial score (nSPS) is 22.7.